The molecule has 0 aliphatic carbocycles. The number of esters is 1. The Labute approximate surface area is 190 Å². The second kappa shape index (κ2) is 10.2. The van der Waals surface area contributed by atoms with E-state index in [0.717, 1.165) is 18.4 Å². The summed E-state index contributed by atoms with van der Waals surface area (Å²) in [6.45, 7) is 3.25. The number of amides is 3. The molecule has 0 saturated carbocycles. The summed E-state index contributed by atoms with van der Waals surface area (Å²) in [5.74, 6) is -4.37. The molecular formula is C15H18ClN5O9S2. The number of nitrogens with one attached hydrogen (secondary N) is 2. The second-order valence-electron chi connectivity index (χ2n) is 6.34. The fraction of sp³-hybridized carbons (Fsp3) is 0.467. The Hall–Kier alpha value is -2.82. The van der Waals surface area contributed by atoms with Gasteiger partial charge >= 0.3 is 16.3 Å². The highest BCUT2D eigenvalue weighted by atomic mass is 35.5. The SMILES string of the molecule is COC(=O)[C@H]1[C@@H](NC(=O)/C(=N/OC(C)C)c2csc(NC(=O)CCl)n2)C(=O)N1S(=O)(=O)O. The number of thiazole rings is 1. The van der Waals surface area contributed by atoms with Gasteiger partial charge in [0.15, 0.2) is 16.9 Å². The quantitative estimate of drug-likeness (QED) is 0.0935. The number of hydrogen-bond donors (Lipinski definition) is 3. The van der Waals surface area contributed by atoms with Crippen molar-refractivity contribution in [2.45, 2.75) is 32.0 Å². The minimum absolute atomic E-state index is 0.0500. The number of halogens is 1. The molecule has 2 heterocycles. The maximum absolute atomic E-state index is 12.8. The molecular weight excluding hydrogens is 494 g/mol. The zero-order chi connectivity index (χ0) is 24.2. The van der Waals surface area contributed by atoms with Gasteiger partial charge in [0.25, 0.3) is 11.8 Å². The van der Waals surface area contributed by atoms with Crippen LogP contribution in [-0.4, -0.2) is 82.8 Å². The second-order valence-corrected chi connectivity index (χ2v) is 8.76. The van der Waals surface area contributed by atoms with Crippen LogP contribution in [-0.2, 0) is 39.1 Å². The monoisotopic (exact) mass is 511 g/mol. The van der Waals surface area contributed by atoms with Crippen LogP contribution in [0, 0.1) is 0 Å². The predicted octanol–water partition coefficient (Wildman–Crippen LogP) is -0.879. The zero-order valence-corrected chi connectivity index (χ0v) is 19.2. The first-order valence-electron chi connectivity index (χ1n) is 8.65. The van der Waals surface area contributed by atoms with Crippen LogP contribution in [0.1, 0.15) is 19.5 Å². The molecule has 176 valence electrons. The Balaban J connectivity index is 2.31. The average molecular weight is 512 g/mol. The lowest BCUT2D eigenvalue weighted by Crippen LogP contribution is -2.74. The number of nitrogens with zero attached hydrogens (tertiary/aromatic N) is 3. The van der Waals surface area contributed by atoms with Crippen molar-refractivity contribution in [1.29, 1.82) is 0 Å². The van der Waals surface area contributed by atoms with Crippen molar-refractivity contribution in [3.05, 3.63) is 11.1 Å². The van der Waals surface area contributed by atoms with Crippen LogP contribution in [0.5, 0.6) is 0 Å². The zero-order valence-electron chi connectivity index (χ0n) is 16.8. The van der Waals surface area contributed by atoms with E-state index in [-0.39, 0.29) is 21.0 Å². The lowest BCUT2D eigenvalue weighted by Gasteiger charge is -2.41. The molecule has 1 aliphatic rings. The summed E-state index contributed by atoms with van der Waals surface area (Å²) in [4.78, 5) is 57.4. The fourth-order valence-electron chi connectivity index (χ4n) is 2.38. The van der Waals surface area contributed by atoms with Crippen LogP contribution in [0.15, 0.2) is 10.5 Å². The molecule has 32 heavy (non-hydrogen) atoms. The third-order valence-corrected chi connectivity index (χ3v) is 5.62. The number of anilines is 1. The molecule has 0 unspecified atom stereocenters. The van der Waals surface area contributed by atoms with E-state index in [4.69, 9.17) is 21.0 Å². The number of alkyl halides is 1. The molecule has 3 N–H and O–H groups in total. The van der Waals surface area contributed by atoms with E-state index >= 15 is 0 Å². The summed E-state index contributed by atoms with van der Waals surface area (Å²) >= 11 is 6.36. The number of ether oxygens (including phenoxy) is 1. The molecule has 3 amide bonds. The highest BCUT2D eigenvalue weighted by Crippen LogP contribution is 2.25. The van der Waals surface area contributed by atoms with Gasteiger partial charge in [0, 0.05) is 5.38 Å². The minimum atomic E-state index is -5.08. The first-order valence-corrected chi connectivity index (χ1v) is 11.5. The summed E-state index contributed by atoms with van der Waals surface area (Å²) < 4.78 is 36.2. The van der Waals surface area contributed by atoms with E-state index < -0.39 is 57.9 Å². The highest BCUT2D eigenvalue weighted by molar-refractivity contribution is 7.84. The van der Waals surface area contributed by atoms with E-state index in [0.29, 0.717) is 0 Å². The van der Waals surface area contributed by atoms with Crippen LogP contribution < -0.4 is 10.6 Å². The number of hydrogen-bond acceptors (Lipinski definition) is 11. The van der Waals surface area contributed by atoms with Crippen LogP contribution in [0.4, 0.5) is 5.13 Å². The number of carbonyl (C=O) groups is 4. The number of methoxy groups -OCH3 is 1. The molecule has 1 saturated heterocycles. The van der Waals surface area contributed by atoms with Crippen molar-refractivity contribution in [3.8, 4) is 0 Å². The van der Waals surface area contributed by atoms with Crippen molar-refractivity contribution in [2.24, 2.45) is 5.16 Å². The van der Waals surface area contributed by atoms with E-state index in [1.165, 1.54) is 5.38 Å². The van der Waals surface area contributed by atoms with Crippen LogP contribution >= 0.6 is 22.9 Å². The Morgan fingerprint density at radius 2 is 2.06 bits per heavy atom. The predicted molar refractivity (Wildman–Crippen MR) is 110 cm³/mol. The standard InChI is InChI=1S/C15H18ClN5O9S2/c1-6(2)30-20-9(7-5-31-15(17-7)18-8(22)4-16)12(23)19-10-11(14(25)29-3)21(13(10)24)32(26,27)28/h5-6,10-11H,4H2,1-3H3,(H,19,23)(H,17,18,22)(H,26,27,28)/b20-9+/t10-,11-/m1/s1. The number of carbonyl (C=O) groups excluding carboxylic acids is 4. The van der Waals surface area contributed by atoms with Gasteiger partial charge in [-0.05, 0) is 13.8 Å². The highest BCUT2D eigenvalue weighted by Gasteiger charge is 2.58. The smallest absolute Gasteiger partial charge is 0.363 e. The van der Waals surface area contributed by atoms with Crippen LogP contribution in [0.3, 0.4) is 0 Å². The number of aromatic nitrogens is 1. The molecule has 0 spiro atoms. The van der Waals surface area contributed by atoms with Gasteiger partial charge in [-0.3, -0.25) is 18.9 Å². The van der Waals surface area contributed by atoms with E-state index in [9.17, 15) is 27.6 Å². The van der Waals surface area contributed by atoms with Crippen molar-refractivity contribution in [3.63, 3.8) is 0 Å². The van der Waals surface area contributed by atoms with Crippen molar-refractivity contribution >= 4 is 67.8 Å². The average Bonchev–Trinajstić information content (AvgIpc) is 3.15. The number of oxime groups is 1. The maximum atomic E-state index is 12.8. The first-order chi connectivity index (χ1) is 14.9. The summed E-state index contributed by atoms with van der Waals surface area (Å²) in [5, 5.41) is 9.70. The summed E-state index contributed by atoms with van der Waals surface area (Å²) in [6.07, 6.45) is -0.449. The molecule has 2 atom stereocenters. The van der Waals surface area contributed by atoms with E-state index in [1.54, 1.807) is 13.8 Å². The normalized spacial score (nSPS) is 18.8. The van der Waals surface area contributed by atoms with Gasteiger partial charge in [-0.2, -0.15) is 12.7 Å². The fourth-order valence-corrected chi connectivity index (χ4v) is 3.99. The Kier molecular flexibility index (Phi) is 8.11. The third-order valence-electron chi connectivity index (χ3n) is 3.71. The largest absolute Gasteiger partial charge is 0.467 e. The molecule has 1 fully saturated rings. The van der Waals surface area contributed by atoms with Crippen LogP contribution in [0.25, 0.3) is 0 Å². The molecule has 1 aromatic heterocycles. The molecule has 0 radical (unpaired) electrons. The van der Waals surface area contributed by atoms with Gasteiger partial charge < -0.3 is 20.2 Å². The molecule has 2 rings (SSSR count). The topological polar surface area (TPSA) is 194 Å². The molecule has 1 aliphatic heterocycles. The van der Waals surface area contributed by atoms with E-state index in [1.807, 2.05) is 0 Å². The molecule has 17 heteroatoms. The number of β-lactam (4-membered cyclic amide) rings is 1. The number of rotatable bonds is 9. The van der Waals surface area contributed by atoms with Crippen molar-refractivity contribution in [2.75, 3.05) is 18.3 Å². The molecule has 0 bridgehead atoms. The Bertz CT molecular complexity index is 1060. The van der Waals surface area contributed by atoms with Crippen LogP contribution in [0.2, 0.25) is 0 Å². The van der Waals surface area contributed by atoms with Crippen molar-refractivity contribution < 1.29 is 41.7 Å². The molecule has 1 aromatic rings. The van der Waals surface area contributed by atoms with Gasteiger partial charge in [-0.1, -0.05) is 5.16 Å². The van der Waals surface area contributed by atoms with Gasteiger partial charge in [0.1, 0.15) is 23.7 Å². The summed E-state index contributed by atoms with van der Waals surface area (Å²) in [6, 6.07) is -3.50. The Morgan fingerprint density at radius 1 is 1.41 bits per heavy atom. The molecule has 0 aromatic carbocycles. The van der Waals surface area contributed by atoms with Gasteiger partial charge in [0.2, 0.25) is 5.91 Å². The maximum Gasteiger partial charge on any atom is 0.363 e. The summed E-state index contributed by atoms with van der Waals surface area (Å²) in [7, 11) is -4.15. The first kappa shape index (κ1) is 25.4. The molecule has 14 nitrogen and oxygen atoms in total. The van der Waals surface area contributed by atoms with E-state index in [2.05, 4.69) is 25.5 Å². The van der Waals surface area contributed by atoms with Gasteiger partial charge in [0.05, 0.1) is 7.11 Å². The third kappa shape index (κ3) is 5.70. The minimum Gasteiger partial charge on any atom is -0.467 e. The van der Waals surface area contributed by atoms with Crippen molar-refractivity contribution in [1.82, 2.24) is 14.6 Å². The van der Waals surface area contributed by atoms with Gasteiger partial charge in [-0.25, -0.2) is 9.78 Å². The summed E-state index contributed by atoms with van der Waals surface area (Å²) in [5.41, 5.74) is -0.478. The lowest BCUT2D eigenvalue weighted by atomic mass is 9.98. The Morgan fingerprint density at radius 3 is 2.59 bits per heavy atom. The van der Waals surface area contributed by atoms with Gasteiger partial charge in [-0.15, -0.1) is 22.9 Å². The lowest BCUT2D eigenvalue weighted by molar-refractivity contribution is -0.162.